The van der Waals surface area contributed by atoms with Gasteiger partial charge >= 0.3 is 0 Å². The van der Waals surface area contributed by atoms with Crippen molar-refractivity contribution in [2.24, 2.45) is 0 Å². The lowest BCUT2D eigenvalue weighted by atomic mass is 10.0. The van der Waals surface area contributed by atoms with Gasteiger partial charge < -0.3 is 9.64 Å². The SMILES string of the molecule is O=C(c1ccccc1-c1cc(C#Cc2ccnc(Cl)c2)c2nccn2n1)N1CCOCC1. The minimum absolute atomic E-state index is 0.0320. The third-order valence-corrected chi connectivity index (χ3v) is 5.37. The van der Waals surface area contributed by atoms with Crippen LogP contribution in [-0.2, 0) is 4.74 Å². The number of hydrogen-bond donors (Lipinski definition) is 0. The summed E-state index contributed by atoms with van der Waals surface area (Å²) in [5, 5.41) is 5.07. The van der Waals surface area contributed by atoms with Crippen LogP contribution in [0.15, 0.2) is 61.1 Å². The molecule has 0 aliphatic carbocycles. The fourth-order valence-corrected chi connectivity index (χ4v) is 3.76. The Morgan fingerprint density at radius 1 is 1.03 bits per heavy atom. The number of carbonyl (C=O) groups excluding carboxylic acids is 1. The Kier molecular flexibility index (Phi) is 5.55. The summed E-state index contributed by atoms with van der Waals surface area (Å²) in [7, 11) is 0. The Bertz CT molecular complexity index is 1370. The number of rotatable bonds is 2. The van der Waals surface area contributed by atoms with Crippen LogP contribution >= 0.6 is 11.6 Å². The fraction of sp³-hybridized carbons (Fsp3) is 0.167. The first kappa shape index (κ1) is 20.2. The van der Waals surface area contributed by atoms with E-state index in [9.17, 15) is 4.79 Å². The quantitative estimate of drug-likeness (QED) is 0.351. The number of fused-ring (bicyclic) bond motifs is 1. The van der Waals surface area contributed by atoms with Gasteiger partial charge in [0, 0.05) is 48.4 Å². The molecule has 1 aromatic carbocycles. The average Bonchev–Trinajstić information content (AvgIpc) is 3.32. The molecule has 3 aromatic heterocycles. The number of carbonyl (C=O) groups is 1. The molecule has 7 nitrogen and oxygen atoms in total. The smallest absolute Gasteiger partial charge is 0.254 e. The lowest BCUT2D eigenvalue weighted by Crippen LogP contribution is -2.40. The number of imidazole rings is 1. The van der Waals surface area contributed by atoms with E-state index in [1.807, 2.05) is 35.2 Å². The van der Waals surface area contributed by atoms with E-state index in [1.165, 1.54) is 0 Å². The molecular weight excluding hydrogens is 426 g/mol. The van der Waals surface area contributed by atoms with E-state index in [4.69, 9.17) is 16.3 Å². The molecule has 158 valence electrons. The maximum Gasteiger partial charge on any atom is 0.254 e. The highest BCUT2D eigenvalue weighted by atomic mass is 35.5. The Morgan fingerprint density at radius 2 is 1.88 bits per heavy atom. The van der Waals surface area contributed by atoms with Gasteiger partial charge in [0.25, 0.3) is 5.91 Å². The van der Waals surface area contributed by atoms with Crippen LogP contribution < -0.4 is 0 Å². The van der Waals surface area contributed by atoms with Crippen molar-refractivity contribution >= 4 is 23.2 Å². The molecule has 1 amide bonds. The molecule has 8 heteroatoms. The first-order valence-corrected chi connectivity index (χ1v) is 10.5. The second kappa shape index (κ2) is 8.79. The fourth-order valence-electron chi connectivity index (χ4n) is 3.59. The van der Waals surface area contributed by atoms with Gasteiger partial charge in [0.05, 0.1) is 24.5 Å². The molecule has 0 unspecified atom stereocenters. The number of benzene rings is 1. The summed E-state index contributed by atoms with van der Waals surface area (Å²) >= 11 is 5.97. The molecule has 0 radical (unpaired) electrons. The van der Waals surface area contributed by atoms with Gasteiger partial charge in [0.2, 0.25) is 0 Å². The van der Waals surface area contributed by atoms with E-state index in [0.717, 1.165) is 11.1 Å². The normalized spacial score (nSPS) is 13.6. The lowest BCUT2D eigenvalue weighted by molar-refractivity contribution is 0.0303. The Morgan fingerprint density at radius 3 is 2.72 bits per heavy atom. The molecule has 0 saturated carbocycles. The number of aromatic nitrogens is 4. The van der Waals surface area contributed by atoms with E-state index >= 15 is 0 Å². The molecule has 1 saturated heterocycles. The van der Waals surface area contributed by atoms with Crippen molar-refractivity contribution in [3.63, 3.8) is 0 Å². The van der Waals surface area contributed by atoms with Crippen molar-refractivity contribution in [2.75, 3.05) is 26.3 Å². The predicted octanol–water partition coefficient (Wildman–Crippen LogP) is 3.32. The summed E-state index contributed by atoms with van der Waals surface area (Å²) in [4.78, 5) is 23.4. The summed E-state index contributed by atoms with van der Waals surface area (Å²) in [6.45, 7) is 2.25. The van der Waals surface area contributed by atoms with Gasteiger partial charge in [-0.3, -0.25) is 4.79 Å². The summed E-state index contributed by atoms with van der Waals surface area (Å²) < 4.78 is 7.06. The number of amides is 1. The van der Waals surface area contributed by atoms with E-state index in [-0.39, 0.29) is 5.91 Å². The minimum atomic E-state index is -0.0320. The molecule has 0 spiro atoms. The van der Waals surface area contributed by atoms with Crippen LogP contribution in [-0.4, -0.2) is 56.7 Å². The van der Waals surface area contributed by atoms with Crippen LogP contribution in [0.1, 0.15) is 21.5 Å². The highest BCUT2D eigenvalue weighted by Gasteiger charge is 2.22. The standard InChI is InChI=1S/C24H18ClN5O2/c25-22-15-17(7-8-26-22)5-6-18-16-21(28-30-10-9-27-23(18)30)19-3-1-2-4-20(19)24(31)29-11-13-32-14-12-29/h1-4,7-10,15-16H,11-14H2. The second-order valence-electron chi connectivity index (χ2n) is 7.21. The van der Waals surface area contributed by atoms with Crippen LogP contribution in [0.4, 0.5) is 0 Å². The number of halogens is 1. The van der Waals surface area contributed by atoms with E-state index in [1.54, 1.807) is 35.2 Å². The van der Waals surface area contributed by atoms with Crippen molar-refractivity contribution in [2.45, 2.75) is 0 Å². The van der Waals surface area contributed by atoms with E-state index in [0.29, 0.717) is 53.9 Å². The molecule has 1 aliphatic rings. The number of nitrogens with zero attached hydrogens (tertiary/aromatic N) is 5. The molecule has 32 heavy (non-hydrogen) atoms. The molecule has 5 rings (SSSR count). The van der Waals surface area contributed by atoms with Crippen LogP contribution in [0, 0.1) is 11.8 Å². The monoisotopic (exact) mass is 443 g/mol. The molecule has 0 atom stereocenters. The van der Waals surface area contributed by atoms with Crippen molar-refractivity contribution in [1.29, 1.82) is 0 Å². The van der Waals surface area contributed by atoms with Crippen LogP contribution in [0.2, 0.25) is 5.15 Å². The highest BCUT2D eigenvalue weighted by Crippen LogP contribution is 2.25. The summed E-state index contributed by atoms with van der Waals surface area (Å²) in [5.41, 5.74) is 4.07. The average molecular weight is 444 g/mol. The van der Waals surface area contributed by atoms with Crippen LogP contribution in [0.25, 0.3) is 16.9 Å². The second-order valence-corrected chi connectivity index (χ2v) is 7.59. The minimum Gasteiger partial charge on any atom is -0.378 e. The van der Waals surface area contributed by atoms with Crippen LogP contribution in [0.3, 0.4) is 0 Å². The van der Waals surface area contributed by atoms with Crippen molar-refractivity contribution < 1.29 is 9.53 Å². The van der Waals surface area contributed by atoms with Gasteiger partial charge in [-0.25, -0.2) is 14.5 Å². The molecule has 0 N–H and O–H groups in total. The molecule has 4 heterocycles. The Hall–Kier alpha value is -3.73. The predicted molar refractivity (Wildman–Crippen MR) is 120 cm³/mol. The maximum absolute atomic E-state index is 13.2. The van der Waals surface area contributed by atoms with Gasteiger partial charge in [0.15, 0.2) is 5.65 Å². The largest absolute Gasteiger partial charge is 0.378 e. The summed E-state index contributed by atoms with van der Waals surface area (Å²) in [6.07, 6.45) is 5.05. The third kappa shape index (κ3) is 4.06. The van der Waals surface area contributed by atoms with Gasteiger partial charge in [0.1, 0.15) is 5.15 Å². The van der Waals surface area contributed by atoms with Crippen molar-refractivity contribution in [3.05, 3.63) is 82.9 Å². The van der Waals surface area contributed by atoms with Crippen LogP contribution in [0.5, 0.6) is 0 Å². The van der Waals surface area contributed by atoms with Crippen molar-refractivity contribution in [1.82, 2.24) is 24.5 Å². The van der Waals surface area contributed by atoms with Gasteiger partial charge in [-0.1, -0.05) is 41.6 Å². The molecule has 1 aliphatic heterocycles. The number of pyridine rings is 1. The van der Waals surface area contributed by atoms with Gasteiger partial charge in [-0.05, 0) is 24.3 Å². The third-order valence-electron chi connectivity index (χ3n) is 5.16. The number of ether oxygens (including phenoxy) is 1. The first-order chi connectivity index (χ1) is 15.7. The zero-order valence-corrected chi connectivity index (χ0v) is 17.8. The summed E-state index contributed by atoms with van der Waals surface area (Å²) in [5.74, 6) is 6.24. The molecule has 1 fully saturated rings. The molecule has 0 bridgehead atoms. The molecule has 4 aromatic rings. The zero-order valence-electron chi connectivity index (χ0n) is 17.0. The summed E-state index contributed by atoms with van der Waals surface area (Å²) in [6, 6.07) is 12.9. The zero-order chi connectivity index (χ0) is 21.9. The Labute approximate surface area is 189 Å². The molecular formula is C24H18ClN5O2. The van der Waals surface area contributed by atoms with E-state index in [2.05, 4.69) is 26.9 Å². The Balaban J connectivity index is 1.59. The lowest BCUT2D eigenvalue weighted by Gasteiger charge is -2.27. The number of morpholine rings is 1. The highest BCUT2D eigenvalue weighted by molar-refractivity contribution is 6.29. The number of hydrogen-bond acceptors (Lipinski definition) is 5. The van der Waals surface area contributed by atoms with Gasteiger partial charge in [-0.2, -0.15) is 5.10 Å². The topological polar surface area (TPSA) is 72.6 Å². The first-order valence-electron chi connectivity index (χ1n) is 10.1. The maximum atomic E-state index is 13.2. The van der Waals surface area contributed by atoms with E-state index < -0.39 is 0 Å². The van der Waals surface area contributed by atoms with Gasteiger partial charge in [-0.15, -0.1) is 0 Å². The van der Waals surface area contributed by atoms with Crippen molar-refractivity contribution in [3.8, 4) is 23.1 Å².